The Balaban J connectivity index is 3.19. The topological polar surface area (TPSA) is 18.5 Å². The Labute approximate surface area is 108 Å². The highest BCUT2D eigenvalue weighted by Gasteiger charge is 2.08. The van der Waals surface area contributed by atoms with Crippen LogP contribution in [-0.4, -0.2) is 20.5 Å². The van der Waals surface area contributed by atoms with Crippen LogP contribution in [0.15, 0.2) is 0 Å². The van der Waals surface area contributed by atoms with E-state index in [0.717, 1.165) is 6.42 Å². The number of hydrogen-bond donors (Lipinski definition) is 0. The maximum atomic E-state index is 5.16. The van der Waals surface area contributed by atoms with Crippen LogP contribution in [0.2, 0.25) is 0 Å². The summed E-state index contributed by atoms with van der Waals surface area (Å²) in [6.07, 6.45) is 10.4. The molecule has 0 atom stereocenters. The molecule has 0 saturated heterocycles. The van der Waals surface area contributed by atoms with E-state index in [9.17, 15) is 0 Å². The molecule has 0 aliphatic heterocycles. The summed E-state index contributed by atoms with van der Waals surface area (Å²) in [6.45, 7) is 6.97. The van der Waals surface area contributed by atoms with Crippen molar-refractivity contribution in [2.75, 3.05) is 14.2 Å². The number of hydrogen-bond acceptors (Lipinski definition) is 2. The molecule has 0 unspecified atom stereocenters. The first-order valence-corrected chi connectivity index (χ1v) is 7.05. The van der Waals surface area contributed by atoms with Gasteiger partial charge in [-0.1, -0.05) is 52.9 Å². The Hall–Kier alpha value is -0.0800. The lowest BCUT2D eigenvalue weighted by atomic mass is 9.89. The molecule has 2 nitrogen and oxygen atoms in total. The van der Waals surface area contributed by atoms with Crippen LogP contribution in [-0.2, 0) is 9.47 Å². The minimum atomic E-state index is -0.00381. The predicted octanol–water partition coefficient (Wildman–Crippen LogP) is 4.77. The third-order valence-electron chi connectivity index (χ3n) is 3.14. The Morgan fingerprint density at radius 2 is 1.24 bits per heavy atom. The van der Waals surface area contributed by atoms with Gasteiger partial charge in [-0.3, -0.25) is 0 Å². The molecular weight excluding hydrogens is 212 g/mol. The maximum Gasteiger partial charge on any atom is 0.156 e. The number of methoxy groups -OCH3 is 2. The van der Waals surface area contributed by atoms with E-state index in [1.54, 1.807) is 14.2 Å². The molecule has 104 valence electrons. The summed E-state index contributed by atoms with van der Waals surface area (Å²) in [5.74, 6) is 0. The Morgan fingerprint density at radius 1 is 0.765 bits per heavy atom. The molecule has 0 aromatic carbocycles. The summed E-state index contributed by atoms with van der Waals surface area (Å²) >= 11 is 0. The van der Waals surface area contributed by atoms with Crippen molar-refractivity contribution < 1.29 is 9.47 Å². The van der Waals surface area contributed by atoms with Crippen LogP contribution in [0, 0.1) is 5.41 Å². The number of unbranched alkanes of at least 4 members (excludes halogenated alkanes) is 5. The molecule has 0 bridgehead atoms. The Bertz CT molecular complexity index is 157. The standard InChI is InChI=1S/C15H32O2/c1-15(2,3)13-11-9-7-6-8-10-12-14(16-4)17-5/h14H,6-13H2,1-5H3. The molecule has 0 spiro atoms. The second-order valence-electron chi connectivity index (χ2n) is 6.12. The SMILES string of the molecule is COC(CCCCCCCCC(C)(C)C)OC. The second kappa shape index (κ2) is 9.90. The van der Waals surface area contributed by atoms with Gasteiger partial charge in [-0.25, -0.2) is 0 Å². The van der Waals surface area contributed by atoms with Gasteiger partial charge in [0.25, 0.3) is 0 Å². The highest BCUT2D eigenvalue weighted by atomic mass is 16.7. The van der Waals surface area contributed by atoms with Crippen molar-refractivity contribution in [3.05, 3.63) is 0 Å². The largest absolute Gasteiger partial charge is 0.356 e. The first-order chi connectivity index (χ1) is 7.99. The molecule has 2 heteroatoms. The fourth-order valence-corrected chi connectivity index (χ4v) is 2.01. The molecule has 0 radical (unpaired) electrons. The smallest absolute Gasteiger partial charge is 0.156 e. The molecule has 0 N–H and O–H groups in total. The molecule has 0 fully saturated rings. The summed E-state index contributed by atoms with van der Waals surface area (Å²) in [5.41, 5.74) is 0.504. The lowest BCUT2D eigenvalue weighted by Crippen LogP contribution is -2.12. The Morgan fingerprint density at radius 3 is 1.71 bits per heavy atom. The van der Waals surface area contributed by atoms with E-state index in [0.29, 0.717) is 5.41 Å². The van der Waals surface area contributed by atoms with Crippen LogP contribution in [0.4, 0.5) is 0 Å². The van der Waals surface area contributed by atoms with E-state index in [-0.39, 0.29) is 6.29 Å². The van der Waals surface area contributed by atoms with Gasteiger partial charge in [-0.2, -0.15) is 0 Å². The van der Waals surface area contributed by atoms with Crippen LogP contribution in [0.5, 0.6) is 0 Å². The van der Waals surface area contributed by atoms with Crippen molar-refractivity contribution in [2.24, 2.45) is 5.41 Å². The maximum absolute atomic E-state index is 5.16. The van der Waals surface area contributed by atoms with E-state index < -0.39 is 0 Å². The van der Waals surface area contributed by atoms with Gasteiger partial charge < -0.3 is 9.47 Å². The zero-order valence-corrected chi connectivity index (χ0v) is 12.6. The molecule has 0 aliphatic rings. The molecule has 0 amide bonds. The molecule has 0 saturated carbocycles. The zero-order valence-electron chi connectivity index (χ0n) is 12.6. The van der Waals surface area contributed by atoms with Crippen LogP contribution < -0.4 is 0 Å². The van der Waals surface area contributed by atoms with E-state index in [4.69, 9.17) is 9.47 Å². The minimum absolute atomic E-state index is 0.00381. The summed E-state index contributed by atoms with van der Waals surface area (Å²) in [7, 11) is 3.42. The minimum Gasteiger partial charge on any atom is -0.356 e. The van der Waals surface area contributed by atoms with Gasteiger partial charge in [0.05, 0.1) is 0 Å². The summed E-state index contributed by atoms with van der Waals surface area (Å²) in [6, 6.07) is 0. The van der Waals surface area contributed by atoms with Crippen LogP contribution in [0.1, 0.15) is 72.1 Å². The van der Waals surface area contributed by atoms with Gasteiger partial charge in [0, 0.05) is 14.2 Å². The fraction of sp³-hybridized carbons (Fsp3) is 1.00. The molecule has 0 aromatic rings. The third-order valence-corrected chi connectivity index (χ3v) is 3.14. The van der Waals surface area contributed by atoms with Crippen molar-refractivity contribution in [2.45, 2.75) is 78.4 Å². The first-order valence-electron chi connectivity index (χ1n) is 7.05. The highest BCUT2D eigenvalue weighted by Crippen LogP contribution is 2.22. The van der Waals surface area contributed by atoms with E-state index in [1.807, 2.05) is 0 Å². The fourth-order valence-electron chi connectivity index (χ4n) is 2.01. The first kappa shape index (κ1) is 16.9. The van der Waals surface area contributed by atoms with Crippen LogP contribution >= 0.6 is 0 Å². The lowest BCUT2D eigenvalue weighted by molar-refractivity contribution is -0.107. The Kier molecular flexibility index (Phi) is 9.85. The summed E-state index contributed by atoms with van der Waals surface area (Å²) < 4.78 is 10.3. The monoisotopic (exact) mass is 244 g/mol. The highest BCUT2D eigenvalue weighted by molar-refractivity contribution is 4.61. The number of ether oxygens (including phenoxy) is 2. The van der Waals surface area contributed by atoms with Gasteiger partial charge in [0.15, 0.2) is 6.29 Å². The van der Waals surface area contributed by atoms with Gasteiger partial charge in [-0.15, -0.1) is 0 Å². The van der Waals surface area contributed by atoms with E-state index in [2.05, 4.69) is 20.8 Å². The average molecular weight is 244 g/mol. The third kappa shape index (κ3) is 12.2. The van der Waals surface area contributed by atoms with E-state index in [1.165, 1.54) is 44.9 Å². The summed E-state index contributed by atoms with van der Waals surface area (Å²) in [5, 5.41) is 0. The van der Waals surface area contributed by atoms with Crippen molar-refractivity contribution in [3.63, 3.8) is 0 Å². The van der Waals surface area contributed by atoms with Gasteiger partial charge in [0.1, 0.15) is 0 Å². The van der Waals surface area contributed by atoms with Gasteiger partial charge >= 0.3 is 0 Å². The van der Waals surface area contributed by atoms with Gasteiger partial charge in [-0.05, 0) is 24.7 Å². The van der Waals surface area contributed by atoms with Crippen molar-refractivity contribution in [3.8, 4) is 0 Å². The van der Waals surface area contributed by atoms with Crippen LogP contribution in [0.25, 0.3) is 0 Å². The number of rotatable bonds is 10. The van der Waals surface area contributed by atoms with Crippen molar-refractivity contribution >= 4 is 0 Å². The quantitative estimate of drug-likeness (QED) is 0.407. The van der Waals surface area contributed by atoms with Crippen molar-refractivity contribution in [1.82, 2.24) is 0 Å². The van der Waals surface area contributed by atoms with Crippen LogP contribution in [0.3, 0.4) is 0 Å². The lowest BCUT2D eigenvalue weighted by Gasteiger charge is -2.17. The predicted molar refractivity (Wildman–Crippen MR) is 74.2 cm³/mol. The molecule has 0 aliphatic carbocycles. The zero-order chi connectivity index (χ0) is 13.1. The molecule has 0 aromatic heterocycles. The average Bonchev–Trinajstić information content (AvgIpc) is 2.26. The van der Waals surface area contributed by atoms with E-state index >= 15 is 0 Å². The van der Waals surface area contributed by atoms with Gasteiger partial charge in [0.2, 0.25) is 0 Å². The van der Waals surface area contributed by atoms with Crippen molar-refractivity contribution in [1.29, 1.82) is 0 Å². The molecule has 0 heterocycles. The summed E-state index contributed by atoms with van der Waals surface area (Å²) in [4.78, 5) is 0. The second-order valence-corrected chi connectivity index (χ2v) is 6.12. The molecule has 0 rings (SSSR count). The molecule has 17 heavy (non-hydrogen) atoms. The normalized spacial score (nSPS) is 12.4. The molecular formula is C15H32O2.